The number of aromatic nitrogens is 1. The van der Waals surface area contributed by atoms with Gasteiger partial charge in [0, 0.05) is 30.5 Å². The van der Waals surface area contributed by atoms with Crippen LogP contribution in [0.4, 0.5) is 5.69 Å². The zero-order valence-corrected chi connectivity index (χ0v) is 14.8. The van der Waals surface area contributed by atoms with E-state index in [9.17, 15) is 9.59 Å². The molecule has 1 heterocycles. The SMILES string of the molecule is CC(=O)Nc1ccc(CNC(=O)CSCc2c(C)noc2C)cc1. The summed E-state index contributed by atoms with van der Waals surface area (Å²) in [5, 5.41) is 9.49. The number of aryl methyl sites for hydroxylation is 2. The fourth-order valence-corrected chi connectivity index (χ4v) is 3.12. The van der Waals surface area contributed by atoms with Crippen molar-refractivity contribution in [2.75, 3.05) is 11.1 Å². The summed E-state index contributed by atoms with van der Waals surface area (Å²) in [6.07, 6.45) is 0. The molecule has 6 nitrogen and oxygen atoms in total. The van der Waals surface area contributed by atoms with E-state index in [1.165, 1.54) is 18.7 Å². The molecular formula is C17H21N3O3S. The second-order valence-corrected chi connectivity index (χ2v) is 6.44. The van der Waals surface area contributed by atoms with Crippen molar-refractivity contribution in [3.05, 3.63) is 46.8 Å². The smallest absolute Gasteiger partial charge is 0.230 e. The number of carbonyl (C=O) groups is 2. The van der Waals surface area contributed by atoms with Gasteiger partial charge in [-0.05, 0) is 31.5 Å². The molecule has 1 aromatic carbocycles. The lowest BCUT2D eigenvalue weighted by Gasteiger charge is -2.07. The first-order valence-electron chi connectivity index (χ1n) is 7.58. The Morgan fingerprint density at radius 3 is 2.50 bits per heavy atom. The first-order chi connectivity index (χ1) is 11.5. The number of amides is 2. The van der Waals surface area contributed by atoms with Crippen LogP contribution in [0.25, 0.3) is 0 Å². The van der Waals surface area contributed by atoms with Gasteiger partial charge in [0.25, 0.3) is 0 Å². The number of anilines is 1. The van der Waals surface area contributed by atoms with Crippen molar-refractivity contribution in [3.63, 3.8) is 0 Å². The predicted octanol–water partition coefficient (Wildman–Crippen LogP) is 2.80. The Morgan fingerprint density at radius 2 is 1.92 bits per heavy atom. The topological polar surface area (TPSA) is 84.2 Å². The molecule has 2 amide bonds. The van der Waals surface area contributed by atoms with Crippen LogP contribution in [-0.4, -0.2) is 22.7 Å². The van der Waals surface area contributed by atoms with Crippen molar-refractivity contribution in [2.24, 2.45) is 0 Å². The molecule has 2 rings (SSSR count). The van der Waals surface area contributed by atoms with Gasteiger partial charge in [-0.3, -0.25) is 9.59 Å². The van der Waals surface area contributed by atoms with Crippen LogP contribution in [0.5, 0.6) is 0 Å². The normalized spacial score (nSPS) is 10.5. The third kappa shape index (κ3) is 5.42. The van der Waals surface area contributed by atoms with E-state index in [2.05, 4.69) is 15.8 Å². The Balaban J connectivity index is 1.72. The molecule has 1 aromatic heterocycles. The molecule has 2 N–H and O–H groups in total. The minimum Gasteiger partial charge on any atom is -0.361 e. The van der Waals surface area contributed by atoms with Crippen LogP contribution in [0.1, 0.15) is 29.5 Å². The van der Waals surface area contributed by atoms with E-state index < -0.39 is 0 Å². The quantitative estimate of drug-likeness (QED) is 0.804. The Labute approximate surface area is 145 Å². The minimum atomic E-state index is -0.105. The summed E-state index contributed by atoms with van der Waals surface area (Å²) in [5.74, 6) is 1.78. The van der Waals surface area contributed by atoms with Crippen LogP contribution in [0.3, 0.4) is 0 Å². The van der Waals surface area contributed by atoms with Gasteiger partial charge in [-0.1, -0.05) is 17.3 Å². The lowest BCUT2D eigenvalue weighted by molar-refractivity contribution is -0.118. The summed E-state index contributed by atoms with van der Waals surface area (Å²) >= 11 is 1.53. The maximum Gasteiger partial charge on any atom is 0.230 e. The molecule has 0 aliphatic carbocycles. The molecule has 0 bridgehead atoms. The van der Waals surface area contributed by atoms with Crippen molar-refractivity contribution in [3.8, 4) is 0 Å². The lowest BCUT2D eigenvalue weighted by atomic mass is 10.2. The number of hydrogen-bond donors (Lipinski definition) is 2. The molecular weight excluding hydrogens is 326 g/mol. The molecule has 0 aliphatic heterocycles. The highest BCUT2D eigenvalue weighted by Crippen LogP contribution is 2.19. The van der Waals surface area contributed by atoms with Crippen molar-refractivity contribution in [1.29, 1.82) is 0 Å². The van der Waals surface area contributed by atoms with Crippen molar-refractivity contribution in [1.82, 2.24) is 10.5 Å². The molecule has 24 heavy (non-hydrogen) atoms. The van der Waals surface area contributed by atoms with Crippen LogP contribution in [0, 0.1) is 13.8 Å². The van der Waals surface area contributed by atoms with Gasteiger partial charge in [-0.25, -0.2) is 0 Å². The van der Waals surface area contributed by atoms with E-state index in [4.69, 9.17) is 4.52 Å². The molecule has 0 spiro atoms. The van der Waals surface area contributed by atoms with E-state index >= 15 is 0 Å². The van der Waals surface area contributed by atoms with Crippen LogP contribution < -0.4 is 10.6 Å². The van der Waals surface area contributed by atoms with E-state index in [1.807, 2.05) is 38.1 Å². The molecule has 0 unspecified atom stereocenters. The van der Waals surface area contributed by atoms with Gasteiger partial charge in [0.1, 0.15) is 5.76 Å². The first kappa shape index (κ1) is 18.1. The number of benzene rings is 1. The molecule has 2 aromatic rings. The average Bonchev–Trinajstić information content (AvgIpc) is 2.85. The summed E-state index contributed by atoms with van der Waals surface area (Å²) < 4.78 is 5.10. The average molecular weight is 347 g/mol. The van der Waals surface area contributed by atoms with Gasteiger partial charge in [-0.15, -0.1) is 11.8 Å². The molecule has 0 aliphatic rings. The summed E-state index contributed by atoms with van der Waals surface area (Å²) in [7, 11) is 0. The zero-order chi connectivity index (χ0) is 17.5. The van der Waals surface area contributed by atoms with Gasteiger partial charge in [0.15, 0.2) is 0 Å². The molecule has 0 radical (unpaired) electrons. The van der Waals surface area contributed by atoms with E-state index in [-0.39, 0.29) is 11.8 Å². The van der Waals surface area contributed by atoms with Gasteiger partial charge in [-0.2, -0.15) is 0 Å². The van der Waals surface area contributed by atoms with Crippen molar-refractivity contribution >= 4 is 29.3 Å². The second-order valence-electron chi connectivity index (χ2n) is 5.45. The summed E-state index contributed by atoms with van der Waals surface area (Å²) in [5.41, 5.74) is 3.65. The van der Waals surface area contributed by atoms with Crippen molar-refractivity contribution in [2.45, 2.75) is 33.1 Å². The monoisotopic (exact) mass is 347 g/mol. The maximum absolute atomic E-state index is 11.9. The number of carbonyl (C=O) groups excluding carboxylic acids is 2. The molecule has 128 valence electrons. The van der Waals surface area contributed by atoms with Crippen molar-refractivity contribution < 1.29 is 14.1 Å². The van der Waals surface area contributed by atoms with Gasteiger partial charge >= 0.3 is 0 Å². The van der Waals surface area contributed by atoms with E-state index in [0.29, 0.717) is 18.1 Å². The minimum absolute atomic E-state index is 0.0160. The third-order valence-electron chi connectivity index (χ3n) is 3.42. The highest BCUT2D eigenvalue weighted by Gasteiger charge is 2.10. The van der Waals surface area contributed by atoms with E-state index in [1.54, 1.807) is 0 Å². The van der Waals surface area contributed by atoms with Crippen LogP contribution in [0.2, 0.25) is 0 Å². The maximum atomic E-state index is 11.9. The van der Waals surface area contributed by atoms with E-state index in [0.717, 1.165) is 28.3 Å². The zero-order valence-electron chi connectivity index (χ0n) is 14.0. The summed E-state index contributed by atoms with van der Waals surface area (Å²) in [4.78, 5) is 22.9. The molecule has 7 heteroatoms. The number of thioether (sulfide) groups is 1. The molecule has 0 atom stereocenters. The molecule has 0 saturated heterocycles. The lowest BCUT2D eigenvalue weighted by Crippen LogP contribution is -2.24. The highest BCUT2D eigenvalue weighted by molar-refractivity contribution is 7.99. The highest BCUT2D eigenvalue weighted by atomic mass is 32.2. The van der Waals surface area contributed by atoms with Gasteiger partial charge < -0.3 is 15.2 Å². The largest absolute Gasteiger partial charge is 0.361 e. The summed E-state index contributed by atoms with van der Waals surface area (Å²) in [6.45, 7) is 5.71. The van der Waals surface area contributed by atoms with Crippen LogP contribution in [-0.2, 0) is 21.9 Å². The number of rotatable bonds is 7. The number of hydrogen-bond acceptors (Lipinski definition) is 5. The van der Waals surface area contributed by atoms with Gasteiger partial charge in [0.05, 0.1) is 11.4 Å². The van der Waals surface area contributed by atoms with Crippen LogP contribution in [0.15, 0.2) is 28.8 Å². The summed E-state index contributed by atoms with van der Waals surface area (Å²) in [6, 6.07) is 7.38. The fourth-order valence-electron chi connectivity index (χ4n) is 2.11. The molecule has 0 fully saturated rings. The molecule has 0 saturated carbocycles. The van der Waals surface area contributed by atoms with Crippen LogP contribution >= 0.6 is 11.8 Å². The third-order valence-corrected chi connectivity index (χ3v) is 4.38. The second kappa shape index (κ2) is 8.54. The fraction of sp³-hybridized carbons (Fsp3) is 0.353. The Bertz CT molecular complexity index is 691. The van der Waals surface area contributed by atoms with Gasteiger partial charge in [0.2, 0.25) is 11.8 Å². The predicted molar refractivity (Wildman–Crippen MR) is 94.7 cm³/mol. The number of nitrogens with one attached hydrogen (secondary N) is 2. The Morgan fingerprint density at radius 1 is 1.21 bits per heavy atom. The first-order valence-corrected chi connectivity index (χ1v) is 8.74. The Kier molecular flexibility index (Phi) is 6.43. The number of nitrogens with zero attached hydrogens (tertiary/aromatic N) is 1. The Hall–Kier alpha value is -2.28. The standard InChI is InChI=1S/C17H21N3O3S/c1-11-16(12(2)23-20-11)9-24-10-17(22)18-8-14-4-6-15(7-5-14)19-13(3)21/h4-7H,8-10H2,1-3H3,(H,18,22)(H,19,21).